The number of nitrogens with one attached hydrogen (secondary N) is 1. The number of furan rings is 1. The van der Waals surface area contributed by atoms with Crippen molar-refractivity contribution in [1.82, 2.24) is 9.97 Å². The third kappa shape index (κ3) is 1.78. The summed E-state index contributed by atoms with van der Waals surface area (Å²) >= 11 is 3.20. The van der Waals surface area contributed by atoms with E-state index in [0.717, 1.165) is 5.52 Å². The molecule has 1 N–H and O–H groups in total. The molecule has 0 bridgehead atoms. The predicted octanol–water partition coefficient (Wildman–Crippen LogP) is 2.95. The van der Waals surface area contributed by atoms with Gasteiger partial charge in [-0.15, -0.1) is 0 Å². The van der Waals surface area contributed by atoms with Crippen LogP contribution in [-0.2, 0) is 0 Å². The summed E-state index contributed by atoms with van der Waals surface area (Å²) in [6, 6.07) is 10.8. The number of hydrogen-bond donors (Lipinski definition) is 1. The molecular formula is C12H7BrN2O2. The SMILES string of the molecule is O=c1[nH]c2ccccc2nc1-c1ccc(Br)o1. The van der Waals surface area contributed by atoms with E-state index >= 15 is 0 Å². The lowest BCUT2D eigenvalue weighted by Crippen LogP contribution is -2.10. The molecule has 3 rings (SSSR count). The van der Waals surface area contributed by atoms with E-state index < -0.39 is 0 Å². The van der Waals surface area contributed by atoms with E-state index in [9.17, 15) is 4.79 Å². The number of halogens is 1. The van der Waals surface area contributed by atoms with Crippen molar-refractivity contribution in [2.24, 2.45) is 0 Å². The number of aromatic nitrogens is 2. The monoisotopic (exact) mass is 290 g/mol. The first kappa shape index (κ1) is 10.3. The molecule has 3 aromatic rings. The lowest BCUT2D eigenvalue weighted by atomic mass is 10.2. The number of hydrogen-bond acceptors (Lipinski definition) is 3. The molecule has 0 unspecified atom stereocenters. The highest BCUT2D eigenvalue weighted by Crippen LogP contribution is 2.21. The Bertz CT molecular complexity index is 745. The number of aromatic amines is 1. The molecular weight excluding hydrogens is 284 g/mol. The molecule has 1 aromatic carbocycles. The average Bonchev–Trinajstić information content (AvgIpc) is 2.75. The van der Waals surface area contributed by atoms with Gasteiger partial charge in [0.15, 0.2) is 16.1 Å². The highest BCUT2D eigenvalue weighted by molar-refractivity contribution is 9.10. The summed E-state index contributed by atoms with van der Waals surface area (Å²) < 4.78 is 5.90. The Hall–Kier alpha value is -1.88. The zero-order valence-corrected chi connectivity index (χ0v) is 10.2. The molecule has 0 atom stereocenters. The summed E-state index contributed by atoms with van der Waals surface area (Å²) in [6.45, 7) is 0. The van der Waals surface area contributed by atoms with Gasteiger partial charge in [0, 0.05) is 0 Å². The van der Waals surface area contributed by atoms with Gasteiger partial charge in [-0.1, -0.05) is 12.1 Å². The lowest BCUT2D eigenvalue weighted by Gasteiger charge is -1.99. The van der Waals surface area contributed by atoms with Crippen molar-refractivity contribution in [3.05, 3.63) is 51.4 Å². The number of fused-ring (bicyclic) bond motifs is 1. The Morgan fingerprint density at radius 1 is 1.18 bits per heavy atom. The smallest absolute Gasteiger partial charge is 0.278 e. The molecule has 84 valence electrons. The van der Waals surface area contributed by atoms with Crippen LogP contribution in [0.5, 0.6) is 0 Å². The van der Waals surface area contributed by atoms with Crippen LogP contribution in [0, 0.1) is 0 Å². The maximum Gasteiger partial charge on any atom is 0.278 e. The molecule has 0 radical (unpaired) electrons. The molecule has 0 aliphatic heterocycles. The molecule has 2 aromatic heterocycles. The van der Waals surface area contributed by atoms with E-state index in [-0.39, 0.29) is 11.3 Å². The van der Waals surface area contributed by atoms with E-state index in [4.69, 9.17) is 4.42 Å². The Labute approximate surface area is 104 Å². The summed E-state index contributed by atoms with van der Waals surface area (Å²) in [6.07, 6.45) is 0. The first-order chi connectivity index (χ1) is 8.24. The highest BCUT2D eigenvalue weighted by atomic mass is 79.9. The van der Waals surface area contributed by atoms with Crippen molar-refractivity contribution < 1.29 is 4.42 Å². The van der Waals surface area contributed by atoms with Gasteiger partial charge in [0.1, 0.15) is 0 Å². The van der Waals surface area contributed by atoms with Gasteiger partial charge in [0.2, 0.25) is 0 Å². The number of H-pyrrole nitrogens is 1. The van der Waals surface area contributed by atoms with Gasteiger partial charge < -0.3 is 9.40 Å². The number of rotatable bonds is 1. The van der Waals surface area contributed by atoms with Gasteiger partial charge in [0.25, 0.3) is 5.56 Å². The molecule has 0 aliphatic carbocycles. The van der Waals surface area contributed by atoms with Crippen LogP contribution in [0.25, 0.3) is 22.5 Å². The largest absolute Gasteiger partial charge is 0.448 e. The van der Waals surface area contributed by atoms with Crippen molar-refractivity contribution in [3.8, 4) is 11.5 Å². The van der Waals surface area contributed by atoms with Crippen LogP contribution in [0.3, 0.4) is 0 Å². The molecule has 0 fully saturated rings. The molecule has 2 heterocycles. The standard InChI is InChI=1S/C12H7BrN2O2/c13-10-6-5-9(17-10)11-12(16)15-8-4-2-1-3-7(8)14-11/h1-6H,(H,15,16). The summed E-state index contributed by atoms with van der Waals surface area (Å²) in [5.74, 6) is 0.448. The second kappa shape index (κ2) is 3.85. The van der Waals surface area contributed by atoms with Crippen molar-refractivity contribution in [2.75, 3.05) is 0 Å². The van der Waals surface area contributed by atoms with Gasteiger partial charge in [0.05, 0.1) is 11.0 Å². The van der Waals surface area contributed by atoms with Crippen molar-refractivity contribution in [2.45, 2.75) is 0 Å². The summed E-state index contributed by atoms with van der Waals surface area (Å²) in [7, 11) is 0. The number of para-hydroxylation sites is 2. The minimum atomic E-state index is -0.259. The fraction of sp³-hybridized carbons (Fsp3) is 0. The van der Waals surface area contributed by atoms with Crippen molar-refractivity contribution >= 4 is 27.0 Å². The Morgan fingerprint density at radius 2 is 2.00 bits per heavy atom. The third-order valence-corrected chi connectivity index (χ3v) is 2.83. The minimum Gasteiger partial charge on any atom is -0.448 e. The van der Waals surface area contributed by atoms with E-state index in [2.05, 4.69) is 25.9 Å². The zero-order chi connectivity index (χ0) is 11.8. The fourth-order valence-electron chi connectivity index (χ4n) is 1.64. The second-order valence-electron chi connectivity index (χ2n) is 3.54. The van der Waals surface area contributed by atoms with E-state index in [1.165, 1.54) is 0 Å². The lowest BCUT2D eigenvalue weighted by molar-refractivity contribution is 0.553. The maximum absolute atomic E-state index is 11.8. The maximum atomic E-state index is 11.8. The van der Waals surface area contributed by atoms with E-state index in [1.54, 1.807) is 12.1 Å². The molecule has 0 spiro atoms. The summed E-state index contributed by atoms with van der Waals surface area (Å²) in [5, 5.41) is 0. The summed E-state index contributed by atoms with van der Waals surface area (Å²) in [5.41, 5.74) is 1.47. The van der Waals surface area contributed by atoms with Gasteiger partial charge in [-0.25, -0.2) is 4.98 Å². The second-order valence-corrected chi connectivity index (χ2v) is 4.32. The van der Waals surface area contributed by atoms with Crippen LogP contribution in [0.4, 0.5) is 0 Å². The van der Waals surface area contributed by atoms with Crippen LogP contribution >= 0.6 is 15.9 Å². The predicted molar refractivity (Wildman–Crippen MR) is 67.8 cm³/mol. The van der Waals surface area contributed by atoms with Crippen molar-refractivity contribution in [1.29, 1.82) is 0 Å². The van der Waals surface area contributed by atoms with Gasteiger partial charge in [-0.3, -0.25) is 4.79 Å². The molecule has 0 saturated heterocycles. The van der Waals surface area contributed by atoms with Gasteiger partial charge >= 0.3 is 0 Å². The fourth-order valence-corrected chi connectivity index (χ4v) is 1.94. The minimum absolute atomic E-state index is 0.259. The van der Waals surface area contributed by atoms with Gasteiger partial charge in [-0.2, -0.15) is 0 Å². The zero-order valence-electron chi connectivity index (χ0n) is 8.61. The first-order valence-electron chi connectivity index (χ1n) is 4.99. The Kier molecular flexibility index (Phi) is 2.33. The van der Waals surface area contributed by atoms with Crippen LogP contribution in [-0.4, -0.2) is 9.97 Å². The third-order valence-electron chi connectivity index (χ3n) is 2.41. The Balaban J connectivity index is 2.30. The quantitative estimate of drug-likeness (QED) is 0.750. The normalized spacial score (nSPS) is 10.9. The highest BCUT2D eigenvalue weighted by Gasteiger charge is 2.10. The van der Waals surface area contributed by atoms with Crippen LogP contribution in [0.1, 0.15) is 0 Å². The Morgan fingerprint density at radius 3 is 2.76 bits per heavy atom. The van der Waals surface area contributed by atoms with E-state index in [0.29, 0.717) is 15.9 Å². The number of nitrogens with zero attached hydrogens (tertiary/aromatic N) is 1. The van der Waals surface area contributed by atoms with Crippen LogP contribution in [0.2, 0.25) is 0 Å². The molecule has 4 nitrogen and oxygen atoms in total. The van der Waals surface area contributed by atoms with Gasteiger partial charge in [-0.05, 0) is 40.2 Å². The molecule has 0 saturated carbocycles. The molecule has 0 aliphatic rings. The van der Waals surface area contributed by atoms with Crippen molar-refractivity contribution in [3.63, 3.8) is 0 Å². The van der Waals surface area contributed by atoms with E-state index in [1.807, 2.05) is 24.3 Å². The molecule has 5 heteroatoms. The first-order valence-corrected chi connectivity index (χ1v) is 5.78. The average molecular weight is 291 g/mol. The van der Waals surface area contributed by atoms with Crippen LogP contribution < -0.4 is 5.56 Å². The topological polar surface area (TPSA) is 58.9 Å². The molecule has 0 amide bonds. The summed E-state index contributed by atoms with van der Waals surface area (Å²) in [4.78, 5) is 18.9. The van der Waals surface area contributed by atoms with Crippen LogP contribution in [0.15, 0.2) is 50.3 Å². The molecule has 17 heavy (non-hydrogen) atoms. The number of benzene rings is 1.